The summed E-state index contributed by atoms with van der Waals surface area (Å²) < 4.78 is 27.4. The molecule has 3 aromatic rings. The summed E-state index contributed by atoms with van der Waals surface area (Å²) in [5.41, 5.74) is 1.77. The van der Waals surface area contributed by atoms with Crippen LogP contribution >= 0.6 is 0 Å². The van der Waals surface area contributed by atoms with Crippen LogP contribution in [0.4, 0.5) is 0 Å². The van der Waals surface area contributed by atoms with Crippen molar-refractivity contribution in [2.24, 2.45) is 0 Å². The summed E-state index contributed by atoms with van der Waals surface area (Å²) in [4.78, 5) is 11.8. The molecule has 0 spiro atoms. The predicted octanol–water partition coefficient (Wildman–Crippen LogP) is 2.64. The first-order valence-electron chi connectivity index (χ1n) is 7.64. The number of aromatic carboxylic acids is 1. The number of hydrogen-bond donors (Lipinski definition) is 1. The molecule has 1 heterocycles. The van der Waals surface area contributed by atoms with Gasteiger partial charge in [0, 0.05) is 31.5 Å². The molecule has 0 radical (unpaired) electrons. The van der Waals surface area contributed by atoms with E-state index in [1.54, 1.807) is 10.6 Å². The van der Waals surface area contributed by atoms with Crippen molar-refractivity contribution in [3.63, 3.8) is 0 Å². The third kappa shape index (κ3) is 3.16. The Bertz CT molecular complexity index is 1040. The number of rotatable bonds is 5. The van der Waals surface area contributed by atoms with Crippen LogP contribution in [0.25, 0.3) is 10.9 Å². The molecular formula is C18H18N2O4S. The minimum Gasteiger partial charge on any atom is -0.477 e. The van der Waals surface area contributed by atoms with Crippen molar-refractivity contribution in [3.8, 4) is 0 Å². The van der Waals surface area contributed by atoms with E-state index in [-0.39, 0.29) is 10.6 Å². The molecule has 1 aromatic heterocycles. The third-order valence-corrected chi connectivity index (χ3v) is 5.87. The fourth-order valence-electron chi connectivity index (χ4n) is 2.73. The number of nitrogens with zero attached hydrogens (tertiary/aromatic N) is 2. The Labute approximate surface area is 146 Å². The van der Waals surface area contributed by atoms with Gasteiger partial charge in [-0.2, -0.15) is 0 Å². The van der Waals surface area contributed by atoms with Crippen LogP contribution in [0, 0.1) is 0 Å². The summed E-state index contributed by atoms with van der Waals surface area (Å²) in [5, 5.41) is 10.1. The lowest BCUT2D eigenvalue weighted by Crippen LogP contribution is -2.22. The zero-order valence-corrected chi connectivity index (χ0v) is 14.7. The molecule has 0 saturated heterocycles. The molecule has 2 aromatic carbocycles. The van der Waals surface area contributed by atoms with E-state index >= 15 is 0 Å². The summed E-state index contributed by atoms with van der Waals surface area (Å²) in [6.45, 7) is 0.395. The number of benzene rings is 2. The van der Waals surface area contributed by atoms with Gasteiger partial charge < -0.3 is 9.67 Å². The molecule has 1 N–H and O–H groups in total. The van der Waals surface area contributed by atoms with Gasteiger partial charge in [-0.05, 0) is 29.8 Å². The van der Waals surface area contributed by atoms with E-state index < -0.39 is 16.0 Å². The standard InChI is InChI=1S/C18H18N2O4S/c1-19(2)25(23,24)15-8-9-16-14(10-15)11-17(18(21)22)20(16)12-13-6-4-3-5-7-13/h3-11H,12H2,1-2H3,(H,21,22). The van der Waals surface area contributed by atoms with E-state index in [0.29, 0.717) is 17.4 Å². The van der Waals surface area contributed by atoms with Crippen LogP contribution in [0.1, 0.15) is 16.1 Å². The van der Waals surface area contributed by atoms with E-state index in [1.165, 1.54) is 32.3 Å². The van der Waals surface area contributed by atoms with E-state index in [0.717, 1.165) is 9.87 Å². The Kier molecular flexibility index (Phi) is 4.36. The summed E-state index contributed by atoms with van der Waals surface area (Å²) in [6.07, 6.45) is 0. The fourth-order valence-corrected chi connectivity index (χ4v) is 3.67. The van der Waals surface area contributed by atoms with Crippen LogP contribution in [0.2, 0.25) is 0 Å². The van der Waals surface area contributed by atoms with Crippen molar-refractivity contribution < 1.29 is 18.3 Å². The van der Waals surface area contributed by atoms with E-state index in [9.17, 15) is 18.3 Å². The lowest BCUT2D eigenvalue weighted by atomic mass is 10.2. The molecule has 0 fully saturated rings. The zero-order valence-electron chi connectivity index (χ0n) is 13.9. The second-order valence-electron chi connectivity index (χ2n) is 5.91. The van der Waals surface area contributed by atoms with Crippen LogP contribution in [0.3, 0.4) is 0 Å². The van der Waals surface area contributed by atoms with Crippen molar-refractivity contribution >= 4 is 26.9 Å². The molecule has 0 aliphatic heterocycles. The number of carbonyl (C=O) groups is 1. The largest absolute Gasteiger partial charge is 0.477 e. The first-order valence-corrected chi connectivity index (χ1v) is 9.08. The van der Waals surface area contributed by atoms with Crippen molar-refractivity contribution in [1.82, 2.24) is 8.87 Å². The van der Waals surface area contributed by atoms with Crippen LogP contribution in [-0.2, 0) is 16.6 Å². The van der Waals surface area contributed by atoms with Gasteiger partial charge in [0.05, 0.1) is 4.90 Å². The highest BCUT2D eigenvalue weighted by Crippen LogP contribution is 2.25. The first kappa shape index (κ1) is 17.2. The number of carboxylic acids is 1. The van der Waals surface area contributed by atoms with E-state index in [4.69, 9.17) is 0 Å². The minimum absolute atomic E-state index is 0.123. The monoisotopic (exact) mass is 358 g/mol. The van der Waals surface area contributed by atoms with Gasteiger partial charge in [0.2, 0.25) is 10.0 Å². The summed E-state index contributed by atoms with van der Waals surface area (Å²) in [6, 6.07) is 15.7. The molecule has 6 nitrogen and oxygen atoms in total. The van der Waals surface area contributed by atoms with Crippen molar-refractivity contribution in [1.29, 1.82) is 0 Å². The minimum atomic E-state index is -3.57. The van der Waals surface area contributed by atoms with Crippen molar-refractivity contribution in [3.05, 3.63) is 65.9 Å². The van der Waals surface area contributed by atoms with Gasteiger partial charge in [0.25, 0.3) is 0 Å². The van der Waals surface area contributed by atoms with E-state index in [2.05, 4.69) is 0 Å². The molecule has 0 atom stereocenters. The first-order chi connectivity index (χ1) is 11.8. The Morgan fingerprint density at radius 1 is 1.08 bits per heavy atom. The Morgan fingerprint density at radius 3 is 2.36 bits per heavy atom. The van der Waals surface area contributed by atoms with E-state index in [1.807, 2.05) is 30.3 Å². The average molecular weight is 358 g/mol. The molecule has 0 amide bonds. The molecule has 0 saturated carbocycles. The maximum absolute atomic E-state index is 12.3. The molecule has 7 heteroatoms. The topological polar surface area (TPSA) is 79.6 Å². The normalized spacial score (nSPS) is 12.0. The van der Waals surface area contributed by atoms with Gasteiger partial charge in [0.15, 0.2) is 0 Å². The summed E-state index contributed by atoms with van der Waals surface area (Å²) >= 11 is 0. The SMILES string of the molecule is CN(C)S(=O)(=O)c1ccc2c(c1)cc(C(=O)O)n2Cc1ccccc1. The average Bonchev–Trinajstić information content (AvgIpc) is 2.94. The summed E-state index contributed by atoms with van der Waals surface area (Å²) in [5.74, 6) is -1.05. The van der Waals surface area contributed by atoms with Gasteiger partial charge in [0.1, 0.15) is 5.69 Å². The molecule has 0 aliphatic rings. The van der Waals surface area contributed by atoms with Gasteiger partial charge in [-0.3, -0.25) is 0 Å². The molecule has 0 bridgehead atoms. The molecular weight excluding hydrogens is 340 g/mol. The molecule has 25 heavy (non-hydrogen) atoms. The fraction of sp³-hybridized carbons (Fsp3) is 0.167. The van der Waals surface area contributed by atoms with Crippen LogP contribution in [0.15, 0.2) is 59.5 Å². The molecule has 0 unspecified atom stereocenters. The number of fused-ring (bicyclic) bond motifs is 1. The molecule has 130 valence electrons. The maximum Gasteiger partial charge on any atom is 0.352 e. The number of sulfonamides is 1. The number of aromatic nitrogens is 1. The highest BCUT2D eigenvalue weighted by Gasteiger charge is 2.20. The quantitative estimate of drug-likeness (QED) is 0.760. The smallest absolute Gasteiger partial charge is 0.352 e. The van der Waals surface area contributed by atoms with Gasteiger partial charge in [-0.1, -0.05) is 30.3 Å². The van der Waals surface area contributed by atoms with Gasteiger partial charge in [-0.15, -0.1) is 0 Å². The lowest BCUT2D eigenvalue weighted by Gasteiger charge is -2.12. The highest BCUT2D eigenvalue weighted by molar-refractivity contribution is 7.89. The highest BCUT2D eigenvalue weighted by atomic mass is 32.2. The van der Waals surface area contributed by atoms with Gasteiger partial charge in [-0.25, -0.2) is 17.5 Å². The van der Waals surface area contributed by atoms with Crippen molar-refractivity contribution in [2.45, 2.75) is 11.4 Å². The lowest BCUT2D eigenvalue weighted by molar-refractivity contribution is 0.0686. The van der Waals surface area contributed by atoms with Crippen molar-refractivity contribution in [2.75, 3.05) is 14.1 Å². The van der Waals surface area contributed by atoms with Gasteiger partial charge >= 0.3 is 5.97 Å². The van der Waals surface area contributed by atoms with Crippen LogP contribution < -0.4 is 0 Å². The van der Waals surface area contributed by atoms with Crippen LogP contribution in [0.5, 0.6) is 0 Å². The number of hydrogen-bond acceptors (Lipinski definition) is 3. The maximum atomic E-state index is 12.3. The molecule has 0 aliphatic carbocycles. The summed E-state index contributed by atoms with van der Waals surface area (Å²) in [7, 11) is -0.652. The second-order valence-corrected chi connectivity index (χ2v) is 8.07. The molecule has 3 rings (SSSR count). The predicted molar refractivity (Wildman–Crippen MR) is 95.3 cm³/mol. The Balaban J connectivity index is 2.16. The third-order valence-electron chi connectivity index (χ3n) is 4.05. The zero-order chi connectivity index (χ0) is 18.2. The Morgan fingerprint density at radius 2 is 1.76 bits per heavy atom. The second kappa shape index (κ2) is 6.34. The van der Waals surface area contributed by atoms with Crippen LogP contribution in [-0.4, -0.2) is 42.5 Å². The number of carboxylic acid groups (broad SMARTS) is 1. The Hall–Kier alpha value is -2.64.